The molecule has 0 spiro atoms. The molecule has 0 saturated heterocycles. The van der Waals surface area contributed by atoms with Crippen LogP contribution in [0.2, 0.25) is 5.04 Å². The minimum absolute atomic E-state index is 0.445. The molecule has 0 aliphatic heterocycles. The molecular formula is C10H23NSi. The van der Waals surface area contributed by atoms with Gasteiger partial charge in [0.1, 0.15) is 8.96 Å². The van der Waals surface area contributed by atoms with Crippen LogP contribution in [0.4, 0.5) is 0 Å². The van der Waals surface area contributed by atoms with E-state index in [2.05, 4.69) is 58.4 Å². The van der Waals surface area contributed by atoms with Crippen LogP contribution in [-0.4, -0.2) is 16.0 Å². The smallest absolute Gasteiger partial charge is 0.138 e. The van der Waals surface area contributed by atoms with E-state index in [9.17, 15) is 0 Å². The molecule has 0 rings (SSSR count). The predicted octanol–water partition coefficient (Wildman–Crippen LogP) is 2.48. The van der Waals surface area contributed by atoms with Gasteiger partial charge in [-0.15, -0.1) is 0 Å². The van der Waals surface area contributed by atoms with E-state index in [1.807, 2.05) is 0 Å². The van der Waals surface area contributed by atoms with Crippen LogP contribution in [0.3, 0.4) is 0 Å². The standard InChI is InChI=1S/C10H23NSi/c1-9(2)7-8-12(11-6)10(3,4)5/h7-9,11-12H,1-6H3. The van der Waals surface area contributed by atoms with E-state index >= 15 is 0 Å². The Bertz CT molecular complexity index is 144. The molecule has 1 unspecified atom stereocenters. The van der Waals surface area contributed by atoms with Crippen molar-refractivity contribution in [3.05, 3.63) is 11.8 Å². The lowest BCUT2D eigenvalue weighted by Crippen LogP contribution is -2.37. The number of hydrogen-bond donors (Lipinski definition) is 1. The quantitative estimate of drug-likeness (QED) is 0.666. The van der Waals surface area contributed by atoms with Crippen LogP contribution in [0, 0.1) is 5.92 Å². The van der Waals surface area contributed by atoms with Gasteiger partial charge in [0.25, 0.3) is 0 Å². The Kier molecular flexibility index (Phi) is 4.79. The third-order valence-electron chi connectivity index (χ3n) is 1.93. The van der Waals surface area contributed by atoms with Crippen molar-refractivity contribution >= 4 is 8.96 Å². The van der Waals surface area contributed by atoms with Crippen molar-refractivity contribution < 1.29 is 0 Å². The molecule has 0 radical (unpaired) electrons. The van der Waals surface area contributed by atoms with Crippen LogP contribution in [-0.2, 0) is 0 Å². The molecule has 0 aliphatic carbocycles. The summed E-state index contributed by atoms with van der Waals surface area (Å²) in [5, 5.41) is 0.445. The normalized spacial score (nSPS) is 15.9. The van der Waals surface area contributed by atoms with Crippen LogP contribution in [0.15, 0.2) is 11.8 Å². The second kappa shape index (κ2) is 4.82. The second-order valence-electron chi connectivity index (χ2n) is 4.76. The summed E-state index contributed by atoms with van der Waals surface area (Å²) in [6, 6.07) is 0. The van der Waals surface area contributed by atoms with Crippen molar-refractivity contribution in [2.75, 3.05) is 7.05 Å². The molecule has 0 aromatic carbocycles. The molecule has 0 amide bonds. The lowest BCUT2D eigenvalue weighted by atomic mass is 10.2. The fourth-order valence-electron chi connectivity index (χ4n) is 1.15. The monoisotopic (exact) mass is 185 g/mol. The van der Waals surface area contributed by atoms with E-state index in [1.165, 1.54) is 0 Å². The third-order valence-corrected chi connectivity index (χ3v) is 5.03. The first-order valence-electron chi connectivity index (χ1n) is 4.73. The summed E-state index contributed by atoms with van der Waals surface area (Å²) in [5.41, 5.74) is 2.41. The predicted molar refractivity (Wildman–Crippen MR) is 59.9 cm³/mol. The Balaban J connectivity index is 4.18. The van der Waals surface area contributed by atoms with Crippen LogP contribution in [0.25, 0.3) is 0 Å². The average molecular weight is 185 g/mol. The van der Waals surface area contributed by atoms with Gasteiger partial charge in [0.15, 0.2) is 0 Å². The maximum absolute atomic E-state index is 3.45. The van der Waals surface area contributed by atoms with Crippen LogP contribution < -0.4 is 4.98 Å². The van der Waals surface area contributed by atoms with Crippen molar-refractivity contribution in [3.63, 3.8) is 0 Å². The highest BCUT2D eigenvalue weighted by atomic mass is 28.3. The molecule has 0 aromatic rings. The summed E-state index contributed by atoms with van der Waals surface area (Å²) >= 11 is 0. The van der Waals surface area contributed by atoms with E-state index < -0.39 is 8.96 Å². The Morgan fingerprint density at radius 2 is 1.75 bits per heavy atom. The van der Waals surface area contributed by atoms with E-state index in [-0.39, 0.29) is 0 Å². The molecule has 0 bridgehead atoms. The molecule has 2 heteroatoms. The first-order valence-corrected chi connectivity index (χ1v) is 6.55. The highest BCUT2D eigenvalue weighted by molar-refractivity contribution is 6.64. The molecule has 1 N–H and O–H groups in total. The van der Waals surface area contributed by atoms with Gasteiger partial charge in [-0.05, 0) is 18.0 Å². The second-order valence-corrected chi connectivity index (χ2v) is 8.41. The van der Waals surface area contributed by atoms with E-state index in [0.29, 0.717) is 11.0 Å². The summed E-state index contributed by atoms with van der Waals surface area (Å²) in [7, 11) is 1.19. The first-order chi connectivity index (χ1) is 5.38. The average Bonchev–Trinajstić information content (AvgIpc) is 1.85. The maximum atomic E-state index is 3.45. The van der Waals surface area contributed by atoms with E-state index in [0.717, 1.165) is 0 Å². The molecule has 0 saturated carbocycles. The molecule has 0 fully saturated rings. The SMILES string of the molecule is CN[SiH](C=CC(C)C)C(C)(C)C. The van der Waals surface area contributed by atoms with Gasteiger partial charge in [0.05, 0.1) is 0 Å². The molecular weight excluding hydrogens is 162 g/mol. The number of hydrogen-bond acceptors (Lipinski definition) is 1. The summed E-state index contributed by atoms with van der Waals surface area (Å²) in [6.07, 6.45) is 2.32. The third kappa shape index (κ3) is 4.73. The molecule has 0 heterocycles. The number of rotatable bonds is 3. The van der Waals surface area contributed by atoms with Gasteiger partial charge >= 0.3 is 0 Å². The molecule has 0 aliphatic rings. The van der Waals surface area contributed by atoms with E-state index in [1.54, 1.807) is 0 Å². The van der Waals surface area contributed by atoms with Crippen molar-refractivity contribution in [1.82, 2.24) is 4.98 Å². The highest BCUT2D eigenvalue weighted by Gasteiger charge is 2.21. The number of nitrogens with one attached hydrogen (secondary N) is 1. The Morgan fingerprint density at radius 3 is 2.00 bits per heavy atom. The van der Waals surface area contributed by atoms with Gasteiger partial charge in [-0.2, -0.15) is 0 Å². The Hall–Kier alpha value is -0.0831. The van der Waals surface area contributed by atoms with Gasteiger partial charge in [-0.1, -0.05) is 46.4 Å². The van der Waals surface area contributed by atoms with E-state index in [4.69, 9.17) is 0 Å². The van der Waals surface area contributed by atoms with Gasteiger partial charge < -0.3 is 4.98 Å². The van der Waals surface area contributed by atoms with Gasteiger partial charge in [0.2, 0.25) is 0 Å². The maximum Gasteiger partial charge on any atom is 0.138 e. The molecule has 1 atom stereocenters. The summed E-state index contributed by atoms with van der Waals surface area (Å²) in [6.45, 7) is 11.4. The molecule has 12 heavy (non-hydrogen) atoms. The largest absolute Gasteiger partial charge is 0.339 e. The van der Waals surface area contributed by atoms with Crippen molar-refractivity contribution in [3.8, 4) is 0 Å². The summed E-state index contributed by atoms with van der Waals surface area (Å²) in [4.78, 5) is 3.45. The van der Waals surface area contributed by atoms with Crippen LogP contribution in [0.5, 0.6) is 0 Å². The zero-order valence-corrected chi connectivity index (χ0v) is 10.5. The molecule has 0 aromatic heterocycles. The lowest BCUT2D eigenvalue weighted by molar-refractivity contribution is 0.726. The van der Waals surface area contributed by atoms with Crippen molar-refractivity contribution in [2.24, 2.45) is 5.92 Å². The fraction of sp³-hybridized carbons (Fsp3) is 0.800. The minimum atomic E-state index is -0.888. The van der Waals surface area contributed by atoms with Gasteiger partial charge in [-0.25, -0.2) is 0 Å². The zero-order valence-electron chi connectivity index (χ0n) is 9.31. The summed E-state index contributed by atoms with van der Waals surface area (Å²) < 4.78 is 0. The lowest BCUT2D eigenvalue weighted by Gasteiger charge is -2.25. The Morgan fingerprint density at radius 1 is 1.25 bits per heavy atom. The van der Waals surface area contributed by atoms with Gasteiger partial charge in [0, 0.05) is 0 Å². The molecule has 72 valence electrons. The van der Waals surface area contributed by atoms with Crippen molar-refractivity contribution in [1.29, 1.82) is 0 Å². The van der Waals surface area contributed by atoms with Crippen LogP contribution >= 0.6 is 0 Å². The zero-order chi connectivity index (χ0) is 9.78. The highest BCUT2D eigenvalue weighted by Crippen LogP contribution is 2.25. The first kappa shape index (κ1) is 11.9. The summed E-state index contributed by atoms with van der Waals surface area (Å²) in [5.74, 6) is 0.677. The van der Waals surface area contributed by atoms with Gasteiger partial charge in [-0.3, -0.25) is 0 Å². The molecule has 1 nitrogen and oxygen atoms in total. The minimum Gasteiger partial charge on any atom is -0.339 e. The topological polar surface area (TPSA) is 12.0 Å². The fourth-order valence-corrected chi connectivity index (χ4v) is 3.45. The Labute approximate surface area is 78.9 Å². The van der Waals surface area contributed by atoms with Crippen LogP contribution in [0.1, 0.15) is 34.6 Å². The number of allylic oxidation sites excluding steroid dienone is 1. The van der Waals surface area contributed by atoms with Crippen molar-refractivity contribution in [2.45, 2.75) is 39.7 Å².